The van der Waals surface area contributed by atoms with Gasteiger partial charge in [0.2, 0.25) is 0 Å². The van der Waals surface area contributed by atoms with Gasteiger partial charge in [0, 0.05) is 37.0 Å². The molecule has 1 heterocycles. The van der Waals surface area contributed by atoms with Crippen molar-refractivity contribution in [3.8, 4) is 0 Å². The van der Waals surface area contributed by atoms with Crippen molar-refractivity contribution >= 4 is 16.9 Å². The topological polar surface area (TPSA) is 57.2 Å². The van der Waals surface area contributed by atoms with Gasteiger partial charge in [0.15, 0.2) is 0 Å². The van der Waals surface area contributed by atoms with Gasteiger partial charge in [0.25, 0.3) is 0 Å². The van der Waals surface area contributed by atoms with Crippen molar-refractivity contribution in [1.82, 2.24) is 4.57 Å². The highest BCUT2D eigenvalue weighted by atomic mass is 16.5. The molecule has 0 unspecified atom stereocenters. The zero-order chi connectivity index (χ0) is 30.5. The van der Waals surface area contributed by atoms with Crippen LogP contribution in [0, 0.1) is 46.3 Å². The van der Waals surface area contributed by atoms with Crippen molar-refractivity contribution in [3.05, 3.63) is 47.7 Å². The number of carbonyl (C=O) groups is 1. The van der Waals surface area contributed by atoms with Crippen LogP contribution in [0.1, 0.15) is 111 Å². The van der Waals surface area contributed by atoms with Crippen molar-refractivity contribution in [2.45, 2.75) is 124 Å². The van der Waals surface area contributed by atoms with Crippen LogP contribution in [0.3, 0.4) is 0 Å². The van der Waals surface area contributed by atoms with Gasteiger partial charge in [0.05, 0.1) is 0 Å². The minimum absolute atomic E-state index is 0.0432. The smallest absolute Gasteiger partial charge is 0.323 e. The van der Waals surface area contributed by atoms with Crippen molar-refractivity contribution in [1.29, 1.82) is 0 Å². The van der Waals surface area contributed by atoms with Crippen LogP contribution in [-0.2, 0) is 23.0 Å². The summed E-state index contributed by atoms with van der Waals surface area (Å²) in [5.41, 5.74) is 11.1. The van der Waals surface area contributed by atoms with Gasteiger partial charge in [-0.3, -0.25) is 4.79 Å². The fourth-order valence-electron chi connectivity index (χ4n) is 10.9. The molecule has 2 aromatic rings. The highest BCUT2D eigenvalue weighted by Gasteiger charge is 2.59. The third-order valence-corrected chi connectivity index (χ3v) is 13.3. The Morgan fingerprint density at radius 3 is 2.63 bits per heavy atom. The fraction of sp³-hybridized carbons (Fsp3) is 0.718. The molecule has 3 saturated carbocycles. The summed E-state index contributed by atoms with van der Waals surface area (Å²) in [6.45, 7) is 12.5. The zero-order valence-corrected chi connectivity index (χ0v) is 27.9. The predicted molar refractivity (Wildman–Crippen MR) is 178 cm³/mol. The fourth-order valence-corrected chi connectivity index (χ4v) is 10.9. The number of benzene rings is 1. The Bertz CT molecular complexity index is 1340. The Hall–Kier alpha value is -2.07. The van der Waals surface area contributed by atoms with Crippen LogP contribution in [0.4, 0.5) is 0 Å². The maximum Gasteiger partial charge on any atom is 0.323 e. The molecule has 0 aliphatic heterocycles. The Labute approximate surface area is 261 Å². The lowest BCUT2D eigenvalue weighted by Gasteiger charge is -2.58. The summed E-state index contributed by atoms with van der Waals surface area (Å²) in [4.78, 5) is 13.2. The number of ether oxygens (including phenoxy) is 1. The first-order valence-corrected chi connectivity index (χ1v) is 17.7. The van der Waals surface area contributed by atoms with E-state index in [1.165, 1.54) is 62.3 Å². The second kappa shape index (κ2) is 12.0. The zero-order valence-electron chi connectivity index (χ0n) is 27.9. The van der Waals surface area contributed by atoms with Crippen LogP contribution in [0.2, 0.25) is 0 Å². The number of hydrogen-bond donors (Lipinski definition) is 1. The molecule has 0 amide bonds. The average Bonchev–Trinajstić information content (AvgIpc) is 3.49. The highest BCUT2D eigenvalue weighted by molar-refractivity contribution is 5.85. The number of rotatable bonds is 9. The minimum Gasteiger partial charge on any atom is -0.461 e. The second-order valence-corrected chi connectivity index (χ2v) is 16.2. The third kappa shape index (κ3) is 5.64. The van der Waals surface area contributed by atoms with Crippen molar-refractivity contribution in [2.75, 3.05) is 0 Å². The third-order valence-electron chi connectivity index (χ3n) is 13.3. The highest BCUT2D eigenvalue weighted by Crippen LogP contribution is 2.67. The number of aryl methyl sites for hydroxylation is 1. The van der Waals surface area contributed by atoms with Gasteiger partial charge in [-0.25, -0.2) is 0 Å². The van der Waals surface area contributed by atoms with Crippen LogP contribution in [0.25, 0.3) is 10.9 Å². The van der Waals surface area contributed by atoms with Gasteiger partial charge in [-0.05, 0) is 103 Å². The van der Waals surface area contributed by atoms with Crippen molar-refractivity contribution < 1.29 is 9.53 Å². The Morgan fingerprint density at radius 1 is 1.05 bits per heavy atom. The molecule has 6 rings (SSSR count). The van der Waals surface area contributed by atoms with E-state index in [0.29, 0.717) is 11.8 Å². The Balaban J connectivity index is 1.08. The minimum atomic E-state index is -0.636. The van der Waals surface area contributed by atoms with Crippen LogP contribution in [0.5, 0.6) is 0 Å². The van der Waals surface area contributed by atoms with E-state index >= 15 is 0 Å². The molecule has 0 spiro atoms. The average molecular weight is 587 g/mol. The summed E-state index contributed by atoms with van der Waals surface area (Å²) in [5.74, 6) is 4.82. The number of nitrogens with two attached hydrogens (primary N) is 1. The molecule has 4 aliphatic rings. The number of para-hydroxylation sites is 1. The first-order chi connectivity index (χ1) is 20.5. The Kier molecular flexibility index (Phi) is 8.65. The van der Waals surface area contributed by atoms with Crippen molar-refractivity contribution in [2.24, 2.45) is 59.1 Å². The van der Waals surface area contributed by atoms with Crippen molar-refractivity contribution in [3.63, 3.8) is 0 Å². The first-order valence-electron chi connectivity index (χ1n) is 17.7. The SMILES string of the molecule is CC(C)CCC[C@@H](C)[C@H]1CC[C@H]2[C@@H]3CC=C4C[C@@H](OC(=O)[C@@H](N)Cc5cn(C)c6ccccc56)CC[C@]4(C)[C@H]3CC[C@]12C. The largest absolute Gasteiger partial charge is 0.461 e. The summed E-state index contributed by atoms with van der Waals surface area (Å²) < 4.78 is 8.25. The van der Waals surface area contributed by atoms with Gasteiger partial charge >= 0.3 is 5.97 Å². The lowest BCUT2D eigenvalue weighted by molar-refractivity contribution is -0.153. The summed E-state index contributed by atoms with van der Waals surface area (Å²) in [6.07, 6.45) is 19.2. The Morgan fingerprint density at radius 2 is 1.84 bits per heavy atom. The van der Waals surface area contributed by atoms with E-state index in [2.05, 4.69) is 63.6 Å². The van der Waals surface area contributed by atoms with E-state index in [0.717, 1.165) is 60.3 Å². The molecule has 4 nitrogen and oxygen atoms in total. The maximum atomic E-state index is 13.2. The molecule has 43 heavy (non-hydrogen) atoms. The molecule has 4 aliphatic carbocycles. The normalized spacial score (nSPS) is 35.2. The van der Waals surface area contributed by atoms with Gasteiger partial charge in [-0.15, -0.1) is 0 Å². The second-order valence-electron chi connectivity index (χ2n) is 16.2. The quantitative estimate of drug-likeness (QED) is 0.236. The summed E-state index contributed by atoms with van der Waals surface area (Å²) in [5, 5.41) is 1.17. The molecule has 1 aromatic carbocycles. The summed E-state index contributed by atoms with van der Waals surface area (Å²) in [6, 6.07) is 7.68. The van der Waals surface area contributed by atoms with Crippen LogP contribution in [0.15, 0.2) is 42.1 Å². The van der Waals surface area contributed by atoms with E-state index in [9.17, 15) is 4.79 Å². The van der Waals surface area contributed by atoms with E-state index in [-0.39, 0.29) is 17.5 Å². The molecule has 0 radical (unpaired) electrons. The van der Waals surface area contributed by atoms with Gasteiger partial charge < -0.3 is 15.0 Å². The molecule has 236 valence electrons. The maximum absolute atomic E-state index is 13.2. The monoisotopic (exact) mass is 586 g/mol. The van der Waals surface area contributed by atoms with E-state index in [1.54, 1.807) is 5.57 Å². The molecule has 9 atom stereocenters. The van der Waals surface area contributed by atoms with Crippen LogP contribution in [-0.4, -0.2) is 22.7 Å². The molecule has 0 saturated heterocycles. The number of fused-ring (bicyclic) bond motifs is 6. The summed E-state index contributed by atoms with van der Waals surface area (Å²) >= 11 is 0. The van der Waals surface area contributed by atoms with Crippen LogP contribution < -0.4 is 5.73 Å². The number of hydrogen-bond acceptors (Lipinski definition) is 3. The van der Waals surface area contributed by atoms with E-state index in [4.69, 9.17) is 10.5 Å². The number of aromatic nitrogens is 1. The van der Waals surface area contributed by atoms with E-state index < -0.39 is 6.04 Å². The lowest BCUT2D eigenvalue weighted by Crippen LogP contribution is -2.51. The molecule has 2 N–H and O–H groups in total. The lowest BCUT2D eigenvalue weighted by atomic mass is 9.47. The van der Waals surface area contributed by atoms with Gasteiger partial charge in [-0.2, -0.15) is 0 Å². The van der Waals surface area contributed by atoms with Gasteiger partial charge in [-0.1, -0.05) is 83.7 Å². The predicted octanol–water partition coefficient (Wildman–Crippen LogP) is 9.00. The van der Waals surface area contributed by atoms with E-state index in [1.807, 2.05) is 19.2 Å². The molecule has 3 fully saturated rings. The molecule has 4 heteroatoms. The number of carbonyl (C=O) groups excluding carboxylic acids is 1. The standard InChI is InChI=1S/C39H58N2O2/c1-25(2)10-9-11-26(3)32-16-17-33-31-15-14-28-23-29(18-20-38(28,4)34(31)19-21-39(32,33)5)43-37(42)35(40)22-27-24-41(6)36-13-8-7-12-30(27)36/h7-8,12-14,24-26,29,31-35H,9-11,15-23,40H2,1-6H3/t26-,29+,31+,32-,33+,34+,35+,38+,39-/m1/s1. The summed E-state index contributed by atoms with van der Waals surface area (Å²) in [7, 11) is 2.05. The number of allylic oxidation sites excluding steroid dienone is 1. The first kappa shape index (κ1) is 30.9. The number of esters is 1. The molecular weight excluding hydrogens is 528 g/mol. The molecule has 1 aromatic heterocycles. The molecule has 0 bridgehead atoms. The molecular formula is C39H58N2O2. The number of nitrogens with zero attached hydrogens (tertiary/aromatic N) is 1. The van der Waals surface area contributed by atoms with Crippen LogP contribution >= 0.6 is 0 Å². The van der Waals surface area contributed by atoms with Gasteiger partial charge in [0.1, 0.15) is 12.1 Å².